The number of carboxylic acids is 1. The van der Waals surface area contributed by atoms with Gasteiger partial charge in [-0.1, -0.05) is 12.2 Å². The Labute approximate surface area is 97.8 Å². The van der Waals surface area contributed by atoms with Crippen LogP contribution in [0.5, 0.6) is 0 Å². The average molecular weight is 237 g/mol. The first-order valence-corrected chi connectivity index (χ1v) is 4.94. The maximum Gasteiger partial charge on any atom is 0.335 e. The van der Waals surface area contributed by atoms with Crippen molar-refractivity contribution in [3.05, 3.63) is 41.2 Å². The van der Waals surface area contributed by atoms with Gasteiger partial charge in [-0.2, -0.15) is 0 Å². The summed E-state index contributed by atoms with van der Waals surface area (Å²) in [5.74, 6) is -1.95. The minimum Gasteiger partial charge on any atom is -0.478 e. The molecule has 0 bridgehead atoms. The van der Waals surface area contributed by atoms with Crippen LogP contribution in [0.4, 0.5) is 4.39 Å². The Morgan fingerprint density at radius 2 is 2.12 bits per heavy atom. The van der Waals surface area contributed by atoms with Gasteiger partial charge in [-0.3, -0.25) is 4.79 Å². The molecule has 0 fully saturated rings. The molecule has 1 rings (SSSR count). The second-order valence-electron chi connectivity index (χ2n) is 3.42. The summed E-state index contributed by atoms with van der Waals surface area (Å²) in [6.07, 6.45) is 3.16. The Kier molecular flexibility index (Phi) is 4.39. The zero-order valence-corrected chi connectivity index (χ0v) is 9.24. The van der Waals surface area contributed by atoms with Gasteiger partial charge in [0.25, 0.3) is 0 Å². The van der Waals surface area contributed by atoms with Gasteiger partial charge < -0.3 is 10.4 Å². The summed E-state index contributed by atoms with van der Waals surface area (Å²) in [5.41, 5.74) is 0.330. The summed E-state index contributed by atoms with van der Waals surface area (Å²) < 4.78 is 13.1. The van der Waals surface area contributed by atoms with Gasteiger partial charge in [-0.15, -0.1) is 0 Å². The number of nitrogens with one attached hydrogen (secondary N) is 1. The van der Waals surface area contributed by atoms with E-state index < -0.39 is 11.8 Å². The third-order valence-electron chi connectivity index (χ3n) is 1.95. The highest BCUT2D eigenvalue weighted by atomic mass is 19.1. The number of rotatable bonds is 4. The van der Waals surface area contributed by atoms with Crippen molar-refractivity contribution < 1.29 is 19.1 Å². The first-order chi connectivity index (χ1) is 7.99. The van der Waals surface area contributed by atoms with Crippen LogP contribution in [0.2, 0.25) is 0 Å². The van der Waals surface area contributed by atoms with Crippen LogP contribution in [-0.4, -0.2) is 23.5 Å². The summed E-state index contributed by atoms with van der Waals surface area (Å²) in [4.78, 5) is 21.2. The monoisotopic (exact) mass is 237 g/mol. The number of halogens is 1. The molecule has 0 aliphatic carbocycles. The molecule has 0 atom stereocenters. The lowest BCUT2D eigenvalue weighted by Gasteiger charge is -1.99. The molecule has 90 valence electrons. The molecule has 1 aromatic rings. The van der Waals surface area contributed by atoms with Crippen molar-refractivity contribution in [2.75, 3.05) is 6.54 Å². The first-order valence-electron chi connectivity index (χ1n) is 4.94. The number of carbonyl (C=O) groups excluding carboxylic acids is 1. The predicted molar refractivity (Wildman–Crippen MR) is 61.1 cm³/mol. The number of amides is 1. The standard InChI is InChI=1S/C12H12FNO3/c1-8(15)14-4-2-3-9-5-10(12(16)17)7-11(13)6-9/h2-3,5-7H,4H2,1H3,(H,14,15)(H,16,17). The van der Waals surface area contributed by atoms with Crippen molar-refractivity contribution in [2.45, 2.75) is 6.92 Å². The number of carboxylic acid groups (broad SMARTS) is 1. The van der Waals surface area contributed by atoms with E-state index in [2.05, 4.69) is 5.32 Å². The number of aromatic carboxylic acids is 1. The molecule has 0 saturated carbocycles. The van der Waals surface area contributed by atoms with Gasteiger partial charge in [-0.25, -0.2) is 9.18 Å². The van der Waals surface area contributed by atoms with Crippen molar-refractivity contribution in [3.8, 4) is 0 Å². The van der Waals surface area contributed by atoms with Crippen molar-refractivity contribution in [3.63, 3.8) is 0 Å². The van der Waals surface area contributed by atoms with Crippen LogP contribution in [0, 0.1) is 5.82 Å². The van der Waals surface area contributed by atoms with E-state index >= 15 is 0 Å². The zero-order chi connectivity index (χ0) is 12.8. The molecule has 1 aromatic carbocycles. The van der Waals surface area contributed by atoms with Crippen LogP contribution < -0.4 is 5.32 Å². The third-order valence-corrected chi connectivity index (χ3v) is 1.95. The first kappa shape index (κ1) is 12.9. The van der Waals surface area contributed by atoms with Gasteiger partial charge >= 0.3 is 5.97 Å². The van der Waals surface area contributed by atoms with Crippen LogP contribution in [0.25, 0.3) is 6.08 Å². The normalized spacial score (nSPS) is 10.5. The highest BCUT2D eigenvalue weighted by Crippen LogP contribution is 2.10. The van der Waals surface area contributed by atoms with E-state index in [9.17, 15) is 14.0 Å². The molecule has 4 nitrogen and oxygen atoms in total. The maximum absolute atomic E-state index is 13.1. The molecule has 0 unspecified atom stereocenters. The van der Waals surface area contributed by atoms with Gasteiger partial charge in [-0.05, 0) is 23.8 Å². The SMILES string of the molecule is CC(=O)NCC=Cc1cc(F)cc(C(=O)O)c1. The van der Waals surface area contributed by atoms with E-state index in [1.165, 1.54) is 19.1 Å². The lowest BCUT2D eigenvalue weighted by atomic mass is 10.1. The number of benzene rings is 1. The highest BCUT2D eigenvalue weighted by Gasteiger charge is 2.05. The van der Waals surface area contributed by atoms with E-state index in [4.69, 9.17) is 5.11 Å². The van der Waals surface area contributed by atoms with Crippen LogP contribution in [-0.2, 0) is 4.79 Å². The van der Waals surface area contributed by atoms with Crippen LogP contribution in [0.15, 0.2) is 24.3 Å². The highest BCUT2D eigenvalue weighted by molar-refractivity contribution is 5.88. The summed E-state index contributed by atoms with van der Waals surface area (Å²) in [6, 6.07) is 3.53. The van der Waals surface area contributed by atoms with Crippen molar-refractivity contribution >= 4 is 18.0 Å². The van der Waals surface area contributed by atoms with E-state index in [-0.39, 0.29) is 11.5 Å². The van der Waals surface area contributed by atoms with E-state index in [0.717, 1.165) is 6.07 Å². The second-order valence-corrected chi connectivity index (χ2v) is 3.42. The molecule has 0 spiro atoms. The van der Waals surface area contributed by atoms with Gasteiger partial charge in [0, 0.05) is 13.5 Å². The van der Waals surface area contributed by atoms with E-state index in [1.807, 2.05) is 0 Å². The zero-order valence-electron chi connectivity index (χ0n) is 9.24. The summed E-state index contributed by atoms with van der Waals surface area (Å²) in [7, 11) is 0. The largest absolute Gasteiger partial charge is 0.478 e. The Morgan fingerprint density at radius 1 is 1.41 bits per heavy atom. The molecule has 5 heteroatoms. The molecule has 17 heavy (non-hydrogen) atoms. The summed E-state index contributed by atoms with van der Waals surface area (Å²) in [5, 5.41) is 11.3. The number of hydrogen-bond donors (Lipinski definition) is 2. The molecular formula is C12H12FNO3. The molecule has 1 amide bonds. The average Bonchev–Trinajstić information content (AvgIpc) is 2.23. The Hall–Kier alpha value is -2.17. The van der Waals surface area contributed by atoms with Gasteiger partial charge in [0.2, 0.25) is 5.91 Å². The summed E-state index contributed by atoms with van der Waals surface area (Å²) in [6.45, 7) is 1.70. The topological polar surface area (TPSA) is 66.4 Å². The minimum absolute atomic E-state index is 0.107. The molecule has 0 radical (unpaired) electrons. The Balaban J connectivity index is 2.77. The Bertz CT molecular complexity index is 469. The predicted octanol–water partition coefficient (Wildman–Crippen LogP) is 1.67. The lowest BCUT2D eigenvalue weighted by Crippen LogP contribution is -2.19. The minimum atomic E-state index is -1.18. The maximum atomic E-state index is 13.1. The fourth-order valence-electron chi connectivity index (χ4n) is 1.23. The molecule has 0 aliphatic rings. The van der Waals surface area contributed by atoms with Crippen LogP contribution in [0.1, 0.15) is 22.8 Å². The quantitative estimate of drug-likeness (QED) is 0.837. The van der Waals surface area contributed by atoms with Crippen LogP contribution in [0.3, 0.4) is 0 Å². The third kappa shape index (κ3) is 4.46. The van der Waals surface area contributed by atoms with Crippen molar-refractivity contribution in [1.82, 2.24) is 5.32 Å². The number of hydrogen-bond acceptors (Lipinski definition) is 2. The van der Waals surface area contributed by atoms with Gasteiger partial charge in [0.05, 0.1) is 5.56 Å². The molecular weight excluding hydrogens is 225 g/mol. The molecule has 0 saturated heterocycles. The molecule has 2 N–H and O–H groups in total. The van der Waals surface area contributed by atoms with Crippen molar-refractivity contribution in [2.24, 2.45) is 0 Å². The molecule has 0 heterocycles. The second kappa shape index (κ2) is 5.79. The fraction of sp³-hybridized carbons (Fsp3) is 0.167. The van der Waals surface area contributed by atoms with Crippen LogP contribution >= 0.6 is 0 Å². The van der Waals surface area contributed by atoms with E-state index in [1.54, 1.807) is 12.2 Å². The van der Waals surface area contributed by atoms with Gasteiger partial charge in [0.1, 0.15) is 5.82 Å². The fourth-order valence-corrected chi connectivity index (χ4v) is 1.23. The van der Waals surface area contributed by atoms with Gasteiger partial charge in [0.15, 0.2) is 0 Å². The Morgan fingerprint density at radius 3 is 2.71 bits per heavy atom. The van der Waals surface area contributed by atoms with E-state index in [0.29, 0.717) is 12.1 Å². The van der Waals surface area contributed by atoms with Crippen molar-refractivity contribution in [1.29, 1.82) is 0 Å². The molecule has 0 aliphatic heterocycles. The number of carbonyl (C=O) groups is 2. The lowest BCUT2D eigenvalue weighted by molar-refractivity contribution is -0.118. The molecule has 0 aromatic heterocycles. The smallest absolute Gasteiger partial charge is 0.335 e. The summed E-state index contributed by atoms with van der Waals surface area (Å²) >= 11 is 0.